The van der Waals surface area contributed by atoms with E-state index in [9.17, 15) is 0 Å². The third-order valence-corrected chi connectivity index (χ3v) is 3.26. The van der Waals surface area contributed by atoms with Crippen LogP contribution in [0.25, 0.3) is 0 Å². The summed E-state index contributed by atoms with van der Waals surface area (Å²) in [6, 6.07) is 3.89. The van der Waals surface area contributed by atoms with Crippen LogP contribution in [0.2, 0.25) is 0 Å². The number of aryl methyl sites for hydroxylation is 3. The highest BCUT2D eigenvalue weighted by molar-refractivity contribution is 7.99. The van der Waals surface area contributed by atoms with Crippen LogP contribution in [-0.4, -0.2) is 25.3 Å². The first kappa shape index (κ1) is 11.1. The molecule has 2 rings (SSSR count). The molecule has 0 spiro atoms. The van der Waals surface area contributed by atoms with E-state index in [1.54, 1.807) is 17.8 Å². The predicted molar refractivity (Wildman–Crippen MR) is 65.3 cm³/mol. The fourth-order valence-electron chi connectivity index (χ4n) is 1.47. The maximum atomic E-state index is 5.54. The van der Waals surface area contributed by atoms with Gasteiger partial charge in [-0.15, -0.1) is 11.8 Å². The number of rotatable bonds is 4. The topological polar surface area (TPSA) is 61.7 Å². The van der Waals surface area contributed by atoms with Gasteiger partial charge >= 0.3 is 0 Å². The summed E-state index contributed by atoms with van der Waals surface area (Å²) < 4.78 is 3.75. The molecule has 2 aromatic heterocycles. The lowest BCUT2D eigenvalue weighted by atomic mass is 10.5. The van der Waals surface area contributed by atoms with Gasteiger partial charge in [0.25, 0.3) is 0 Å². The molecule has 2 N–H and O–H groups in total. The zero-order chi connectivity index (χ0) is 11.5. The lowest BCUT2D eigenvalue weighted by Gasteiger charge is -2.02. The molecule has 0 amide bonds. The molecule has 0 aliphatic carbocycles. The van der Waals surface area contributed by atoms with E-state index in [1.165, 1.54) is 5.03 Å². The van der Waals surface area contributed by atoms with Crippen LogP contribution >= 0.6 is 11.8 Å². The molecule has 0 saturated heterocycles. The van der Waals surface area contributed by atoms with Gasteiger partial charge in [0.2, 0.25) is 0 Å². The molecule has 0 aromatic carbocycles. The molecule has 0 saturated carbocycles. The van der Waals surface area contributed by atoms with E-state index in [1.807, 2.05) is 29.5 Å². The van der Waals surface area contributed by atoms with Crippen molar-refractivity contribution >= 4 is 17.6 Å². The summed E-state index contributed by atoms with van der Waals surface area (Å²) in [5, 5.41) is 9.60. The molecule has 5 nitrogen and oxygen atoms in total. The first-order valence-electron chi connectivity index (χ1n) is 5.07. The van der Waals surface area contributed by atoms with Crippen LogP contribution in [0.5, 0.6) is 0 Å². The molecule has 0 aliphatic rings. The number of aromatic nitrogens is 4. The molecule has 0 fully saturated rings. The van der Waals surface area contributed by atoms with E-state index >= 15 is 0 Å². The van der Waals surface area contributed by atoms with Crippen LogP contribution in [0.4, 0.5) is 5.82 Å². The lowest BCUT2D eigenvalue weighted by molar-refractivity contribution is 0.664. The molecule has 0 unspecified atom stereocenters. The summed E-state index contributed by atoms with van der Waals surface area (Å²) in [5.41, 5.74) is 6.59. The molecule has 2 aromatic rings. The Morgan fingerprint density at radius 3 is 2.81 bits per heavy atom. The van der Waals surface area contributed by atoms with Crippen LogP contribution in [-0.2, 0) is 13.6 Å². The summed E-state index contributed by atoms with van der Waals surface area (Å²) in [6.45, 7) is 2.85. The molecule has 16 heavy (non-hydrogen) atoms. The number of nitrogens with zero attached hydrogens (tertiary/aromatic N) is 4. The average Bonchev–Trinajstić information content (AvgIpc) is 2.74. The van der Waals surface area contributed by atoms with Crippen molar-refractivity contribution in [1.82, 2.24) is 19.6 Å². The SMILES string of the molecule is Cc1cc(SCCn2ccc(N)n2)n(C)n1. The minimum Gasteiger partial charge on any atom is -0.382 e. The quantitative estimate of drug-likeness (QED) is 0.814. The predicted octanol–water partition coefficient (Wildman–Crippen LogP) is 1.30. The highest BCUT2D eigenvalue weighted by atomic mass is 32.2. The van der Waals surface area contributed by atoms with Crippen LogP contribution in [0, 0.1) is 6.92 Å². The molecular weight excluding hydrogens is 222 g/mol. The van der Waals surface area contributed by atoms with Crippen LogP contribution in [0.1, 0.15) is 5.69 Å². The lowest BCUT2D eigenvalue weighted by Crippen LogP contribution is -2.02. The monoisotopic (exact) mass is 237 g/mol. The van der Waals surface area contributed by atoms with Crippen molar-refractivity contribution in [2.45, 2.75) is 18.5 Å². The van der Waals surface area contributed by atoms with Crippen molar-refractivity contribution in [2.75, 3.05) is 11.5 Å². The Morgan fingerprint density at radius 1 is 1.44 bits per heavy atom. The molecule has 2 heterocycles. The third kappa shape index (κ3) is 2.57. The summed E-state index contributed by atoms with van der Waals surface area (Å²) in [4.78, 5) is 0. The summed E-state index contributed by atoms with van der Waals surface area (Å²) >= 11 is 1.77. The number of thioether (sulfide) groups is 1. The Bertz CT molecular complexity index is 473. The molecule has 86 valence electrons. The molecule has 0 aliphatic heterocycles. The molecule has 0 atom stereocenters. The molecule has 6 heteroatoms. The van der Waals surface area contributed by atoms with Crippen molar-refractivity contribution in [3.05, 3.63) is 24.0 Å². The zero-order valence-corrected chi connectivity index (χ0v) is 10.2. The van der Waals surface area contributed by atoms with Crippen molar-refractivity contribution in [1.29, 1.82) is 0 Å². The maximum absolute atomic E-state index is 5.54. The normalized spacial score (nSPS) is 10.9. The second kappa shape index (κ2) is 4.61. The highest BCUT2D eigenvalue weighted by Gasteiger charge is 2.02. The third-order valence-electron chi connectivity index (χ3n) is 2.19. The first-order chi connectivity index (χ1) is 7.65. The van der Waals surface area contributed by atoms with Gasteiger partial charge in [-0.1, -0.05) is 0 Å². The Labute approximate surface area is 98.6 Å². The van der Waals surface area contributed by atoms with Gasteiger partial charge in [0, 0.05) is 19.0 Å². The van der Waals surface area contributed by atoms with Gasteiger partial charge in [-0.25, -0.2) is 0 Å². The van der Waals surface area contributed by atoms with Crippen molar-refractivity contribution in [2.24, 2.45) is 7.05 Å². The fraction of sp³-hybridized carbons (Fsp3) is 0.400. The summed E-state index contributed by atoms with van der Waals surface area (Å²) in [5.74, 6) is 1.53. The van der Waals surface area contributed by atoms with Crippen molar-refractivity contribution in [3.63, 3.8) is 0 Å². The fourth-order valence-corrected chi connectivity index (χ4v) is 2.44. The van der Waals surface area contributed by atoms with E-state index in [0.717, 1.165) is 18.0 Å². The zero-order valence-electron chi connectivity index (χ0n) is 9.42. The van der Waals surface area contributed by atoms with Gasteiger partial charge in [-0.3, -0.25) is 9.36 Å². The average molecular weight is 237 g/mol. The number of anilines is 1. The second-order valence-electron chi connectivity index (χ2n) is 3.60. The van der Waals surface area contributed by atoms with Gasteiger partial charge in [-0.05, 0) is 19.1 Å². The van der Waals surface area contributed by atoms with E-state index in [2.05, 4.69) is 16.3 Å². The van der Waals surface area contributed by atoms with Gasteiger partial charge in [0.1, 0.15) is 5.82 Å². The maximum Gasteiger partial charge on any atom is 0.145 e. The number of hydrogen-bond donors (Lipinski definition) is 1. The Hall–Kier alpha value is -1.43. The number of hydrogen-bond acceptors (Lipinski definition) is 4. The van der Waals surface area contributed by atoms with Crippen LogP contribution < -0.4 is 5.73 Å². The smallest absolute Gasteiger partial charge is 0.145 e. The van der Waals surface area contributed by atoms with E-state index in [0.29, 0.717) is 5.82 Å². The van der Waals surface area contributed by atoms with Crippen molar-refractivity contribution < 1.29 is 0 Å². The van der Waals surface area contributed by atoms with Crippen LogP contribution in [0.15, 0.2) is 23.4 Å². The Balaban J connectivity index is 1.86. The second-order valence-corrected chi connectivity index (χ2v) is 4.71. The number of nitrogen functional groups attached to an aromatic ring is 1. The van der Waals surface area contributed by atoms with Crippen molar-refractivity contribution in [3.8, 4) is 0 Å². The minimum atomic E-state index is 0.571. The molecule has 0 bridgehead atoms. The minimum absolute atomic E-state index is 0.571. The standard InChI is InChI=1S/C10H15N5S/c1-8-7-10(14(2)12-8)16-6-5-15-4-3-9(11)13-15/h3-4,7H,5-6H2,1-2H3,(H2,11,13). The highest BCUT2D eigenvalue weighted by Crippen LogP contribution is 2.18. The van der Waals surface area contributed by atoms with Crippen LogP contribution in [0.3, 0.4) is 0 Å². The van der Waals surface area contributed by atoms with E-state index in [4.69, 9.17) is 5.73 Å². The first-order valence-corrected chi connectivity index (χ1v) is 6.06. The molecule has 0 radical (unpaired) electrons. The summed E-state index contributed by atoms with van der Waals surface area (Å²) in [6.07, 6.45) is 1.89. The van der Waals surface area contributed by atoms with E-state index < -0.39 is 0 Å². The summed E-state index contributed by atoms with van der Waals surface area (Å²) in [7, 11) is 1.96. The van der Waals surface area contributed by atoms with Gasteiger partial charge < -0.3 is 5.73 Å². The van der Waals surface area contributed by atoms with E-state index in [-0.39, 0.29) is 0 Å². The Kier molecular flexibility index (Phi) is 3.19. The van der Waals surface area contributed by atoms with Gasteiger partial charge in [0.15, 0.2) is 0 Å². The molecular formula is C10H15N5S. The van der Waals surface area contributed by atoms with Gasteiger partial charge in [0.05, 0.1) is 17.3 Å². The largest absolute Gasteiger partial charge is 0.382 e. The number of nitrogens with two attached hydrogens (primary N) is 1. The Morgan fingerprint density at radius 2 is 2.25 bits per heavy atom. The van der Waals surface area contributed by atoms with Gasteiger partial charge in [-0.2, -0.15) is 10.2 Å².